The Balaban J connectivity index is 5.43. The van der Waals surface area contributed by atoms with E-state index in [1.54, 1.807) is 13.8 Å². The molecular formula is C10H16O6-2. The van der Waals surface area contributed by atoms with E-state index in [0.717, 1.165) is 0 Å². The van der Waals surface area contributed by atoms with Gasteiger partial charge >= 0.3 is 0 Å². The molecule has 2 unspecified atom stereocenters. The van der Waals surface area contributed by atoms with Crippen molar-refractivity contribution in [3.8, 4) is 0 Å². The minimum Gasteiger partial charge on any atom is -0.547 e. The smallest absolute Gasteiger partial charge is 0.138 e. The number of aliphatic hydroxyl groups is 2. The number of carboxylic acids is 2. The average molecular weight is 232 g/mol. The Morgan fingerprint density at radius 3 is 1.31 bits per heavy atom. The number of rotatable bonds is 7. The minimum absolute atomic E-state index is 0.184. The standard InChI is InChI=1S/C10H18O6/c1-3-5-9(15,7(11)12)10(16,6-4-2)8(13)14/h15-16H,3-6H2,1-2H3,(H,11,12)(H,13,14)/p-2. The lowest BCUT2D eigenvalue weighted by Crippen LogP contribution is -2.70. The van der Waals surface area contributed by atoms with Crippen molar-refractivity contribution in [2.24, 2.45) is 0 Å². The zero-order chi connectivity index (χ0) is 13.0. The van der Waals surface area contributed by atoms with Crippen molar-refractivity contribution < 1.29 is 30.0 Å². The number of carboxylic acid groups (broad SMARTS) is 2. The van der Waals surface area contributed by atoms with Gasteiger partial charge in [-0.3, -0.25) is 0 Å². The number of aliphatic carboxylic acids is 2. The quantitative estimate of drug-likeness (QED) is 0.502. The predicted molar refractivity (Wildman–Crippen MR) is 49.7 cm³/mol. The third kappa shape index (κ3) is 2.33. The third-order valence-corrected chi connectivity index (χ3v) is 2.58. The number of carbonyl (C=O) groups is 2. The molecule has 0 fully saturated rings. The van der Waals surface area contributed by atoms with Gasteiger partial charge in [0.1, 0.15) is 11.2 Å². The predicted octanol–water partition coefficient (Wildman–Crippen LogP) is -2.45. The summed E-state index contributed by atoms with van der Waals surface area (Å²) < 4.78 is 0. The molecule has 16 heavy (non-hydrogen) atoms. The molecule has 2 atom stereocenters. The first-order valence-corrected chi connectivity index (χ1v) is 5.14. The van der Waals surface area contributed by atoms with Crippen LogP contribution in [-0.4, -0.2) is 33.4 Å². The summed E-state index contributed by atoms with van der Waals surface area (Å²) in [5.41, 5.74) is -5.65. The Hall–Kier alpha value is -1.14. The first-order chi connectivity index (χ1) is 7.26. The summed E-state index contributed by atoms with van der Waals surface area (Å²) in [6.07, 6.45) is -0.465. The van der Waals surface area contributed by atoms with Crippen LogP contribution in [0.4, 0.5) is 0 Å². The molecule has 0 aliphatic carbocycles. The molecule has 0 aromatic carbocycles. The van der Waals surface area contributed by atoms with Crippen LogP contribution in [0.1, 0.15) is 39.5 Å². The maximum atomic E-state index is 10.8. The molecule has 0 bridgehead atoms. The van der Waals surface area contributed by atoms with E-state index in [0.29, 0.717) is 0 Å². The molecule has 0 aromatic rings. The van der Waals surface area contributed by atoms with Gasteiger partial charge in [0.2, 0.25) is 0 Å². The summed E-state index contributed by atoms with van der Waals surface area (Å²) in [5, 5.41) is 41.2. The molecule has 0 aromatic heterocycles. The molecule has 0 heterocycles. The van der Waals surface area contributed by atoms with Crippen LogP contribution < -0.4 is 10.2 Å². The van der Waals surface area contributed by atoms with Crippen LogP contribution in [0.25, 0.3) is 0 Å². The molecule has 0 saturated carbocycles. The second-order valence-electron chi connectivity index (χ2n) is 3.80. The summed E-state index contributed by atoms with van der Waals surface area (Å²) in [6, 6.07) is 0. The molecule has 0 aliphatic heterocycles. The molecule has 2 N–H and O–H groups in total. The monoisotopic (exact) mass is 232 g/mol. The fourth-order valence-corrected chi connectivity index (χ4v) is 1.68. The molecule has 6 nitrogen and oxygen atoms in total. The summed E-state index contributed by atoms with van der Waals surface area (Å²) in [5.74, 6) is -4.01. The van der Waals surface area contributed by atoms with Gasteiger partial charge in [-0.1, -0.05) is 26.7 Å². The van der Waals surface area contributed by atoms with Crippen LogP contribution in [0.15, 0.2) is 0 Å². The number of hydrogen-bond acceptors (Lipinski definition) is 6. The molecule has 0 saturated heterocycles. The van der Waals surface area contributed by atoms with Crippen molar-refractivity contribution >= 4 is 11.9 Å². The van der Waals surface area contributed by atoms with Crippen LogP contribution in [0.3, 0.4) is 0 Å². The van der Waals surface area contributed by atoms with Gasteiger partial charge in [-0.15, -0.1) is 0 Å². The van der Waals surface area contributed by atoms with Gasteiger partial charge in [-0.2, -0.15) is 0 Å². The molecule has 0 spiro atoms. The zero-order valence-electron chi connectivity index (χ0n) is 9.36. The van der Waals surface area contributed by atoms with Crippen LogP contribution >= 0.6 is 0 Å². The Kier molecular flexibility index (Phi) is 4.89. The van der Waals surface area contributed by atoms with E-state index in [-0.39, 0.29) is 12.8 Å². The van der Waals surface area contributed by atoms with Gasteiger partial charge < -0.3 is 30.0 Å². The lowest BCUT2D eigenvalue weighted by molar-refractivity contribution is -0.359. The Morgan fingerprint density at radius 1 is 0.938 bits per heavy atom. The van der Waals surface area contributed by atoms with E-state index in [1.807, 2.05) is 0 Å². The van der Waals surface area contributed by atoms with Crippen molar-refractivity contribution in [1.82, 2.24) is 0 Å². The topological polar surface area (TPSA) is 121 Å². The van der Waals surface area contributed by atoms with Gasteiger partial charge in [0.25, 0.3) is 0 Å². The summed E-state index contributed by atoms with van der Waals surface area (Å²) >= 11 is 0. The van der Waals surface area contributed by atoms with Crippen LogP contribution in [0.5, 0.6) is 0 Å². The molecular weight excluding hydrogens is 216 g/mol. The molecule has 0 rings (SSSR count). The fraction of sp³-hybridized carbons (Fsp3) is 0.800. The van der Waals surface area contributed by atoms with Gasteiger partial charge in [0, 0.05) is 0 Å². The minimum atomic E-state index is -2.82. The zero-order valence-corrected chi connectivity index (χ0v) is 9.36. The highest BCUT2D eigenvalue weighted by molar-refractivity contribution is 5.88. The molecule has 94 valence electrons. The van der Waals surface area contributed by atoms with Crippen LogP contribution in [0.2, 0.25) is 0 Å². The Bertz CT molecular complexity index is 248. The van der Waals surface area contributed by atoms with Gasteiger partial charge in [0.15, 0.2) is 0 Å². The van der Waals surface area contributed by atoms with Crippen molar-refractivity contribution in [3.63, 3.8) is 0 Å². The van der Waals surface area contributed by atoms with E-state index in [4.69, 9.17) is 0 Å². The SMILES string of the molecule is CCCC(O)(C(=O)[O-])C(O)(CCC)C(=O)[O-]. The van der Waals surface area contributed by atoms with E-state index in [2.05, 4.69) is 0 Å². The van der Waals surface area contributed by atoms with Crippen molar-refractivity contribution in [3.05, 3.63) is 0 Å². The van der Waals surface area contributed by atoms with E-state index in [1.165, 1.54) is 0 Å². The van der Waals surface area contributed by atoms with E-state index >= 15 is 0 Å². The maximum Gasteiger partial charge on any atom is 0.138 e. The van der Waals surface area contributed by atoms with Gasteiger partial charge in [0.05, 0.1) is 11.9 Å². The second kappa shape index (κ2) is 5.27. The molecule has 0 aliphatic rings. The lowest BCUT2D eigenvalue weighted by Gasteiger charge is -2.44. The maximum absolute atomic E-state index is 10.8. The largest absolute Gasteiger partial charge is 0.547 e. The summed E-state index contributed by atoms with van der Waals surface area (Å²) in [7, 11) is 0. The lowest BCUT2D eigenvalue weighted by atomic mass is 9.76. The van der Waals surface area contributed by atoms with Crippen LogP contribution in [-0.2, 0) is 9.59 Å². The van der Waals surface area contributed by atoms with Crippen molar-refractivity contribution in [2.45, 2.75) is 50.7 Å². The third-order valence-electron chi connectivity index (χ3n) is 2.58. The molecule has 6 heteroatoms. The molecule has 0 amide bonds. The Morgan fingerprint density at radius 2 is 1.19 bits per heavy atom. The highest BCUT2D eigenvalue weighted by atomic mass is 16.5. The van der Waals surface area contributed by atoms with E-state index < -0.39 is 36.0 Å². The number of carbonyl (C=O) groups excluding carboxylic acids is 2. The van der Waals surface area contributed by atoms with Crippen LogP contribution in [0, 0.1) is 0 Å². The fourth-order valence-electron chi connectivity index (χ4n) is 1.68. The first-order valence-electron chi connectivity index (χ1n) is 5.14. The highest BCUT2D eigenvalue weighted by Gasteiger charge is 2.50. The normalized spacial score (nSPS) is 18.5. The van der Waals surface area contributed by atoms with E-state index in [9.17, 15) is 30.0 Å². The summed E-state index contributed by atoms with van der Waals surface area (Å²) in [4.78, 5) is 21.6. The summed E-state index contributed by atoms with van der Waals surface area (Å²) in [6.45, 7) is 3.10. The first kappa shape index (κ1) is 14.9. The highest BCUT2D eigenvalue weighted by Crippen LogP contribution is 2.31. The van der Waals surface area contributed by atoms with Gasteiger partial charge in [-0.25, -0.2) is 0 Å². The van der Waals surface area contributed by atoms with Gasteiger partial charge in [-0.05, 0) is 12.8 Å². The molecule has 0 radical (unpaired) electrons. The van der Waals surface area contributed by atoms with Crippen molar-refractivity contribution in [2.75, 3.05) is 0 Å². The number of hydrogen-bond donors (Lipinski definition) is 2. The second-order valence-corrected chi connectivity index (χ2v) is 3.80. The van der Waals surface area contributed by atoms with Crippen molar-refractivity contribution in [1.29, 1.82) is 0 Å². The average Bonchev–Trinajstić information content (AvgIpc) is 2.17. The Labute approximate surface area is 93.5 Å².